The second-order valence-electron chi connectivity index (χ2n) is 9.25. The predicted octanol–water partition coefficient (Wildman–Crippen LogP) is 4.05. The molecule has 0 aliphatic carbocycles. The summed E-state index contributed by atoms with van der Waals surface area (Å²) in [5.41, 5.74) is 2.03. The molecule has 3 aromatic carbocycles. The van der Waals surface area contributed by atoms with Crippen LogP contribution in [0.4, 0.5) is 0 Å². The number of hydrogen-bond donors (Lipinski definition) is 1. The van der Waals surface area contributed by atoms with E-state index in [1.54, 1.807) is 0 Å². The maximum absolute atomic E-state index is 12.8. The Balaban J connectivity index is 1.09. The van der Waals surface area contributed by atoms with E-state index in [2.05, 4.69) is 40.5 Å². The topological polar surface area (TPSA) is 52.7 Å². The quantitative estimate of drug-likeness (QED) is 0.650. The number of rotatable bonds is 5. The first-order chi connectivity index (χ1) is 16.2. The summed E-state index contributed by atoms with van der Waals surface area (Å²) in [5, 5.41) is 4.94. The zero-order valence-corrected chi connectivity index (χ0v) is 19.0. The van der Waals surface area contributed by atoms with Crippen LogP contribution in [0.5, 0.6) is 0 Å². The van der Waals surface area contributed by atoms with Gasteiger partial charge in [-0.2, -0.15) is 0 Å². The fourth-order valence-electron chi connectivity index (χ4n) is 5.29. The van der Waals surface area contributed by atoms with Gasteiger partial charge in [0.15, 0.2) is 0 Å². The Kier molecular flexibility index (Phi) is 6.40. The van der Waals surface area contributed by atoms with Gasteiger partial charge in [-0.05, 0) is 66.7 Å². The number of piperidine rings is 1. The summed E-state index contributed by atoms with van der Waals surface area (Å²) in [6.45, 7) is 3.76. The summed E-state index contributed by atoms with van der Waals surface area (Å²) in [6.07, 6.45) is 3.37. The molecule has 0 radical (unpaired) electrons. The molecule has 2 aliphatic rings. The normalized spacial score (nSPS) is 19.6. The molecule has 1 atom stereocenters. The minimum absolute atomic E-state index is 0.00538. The van der Waals surface area contributed by atoms with Crippen molar-refractivity contribution in [2.75, 3.05) is 32.7 Å². The van der Waals surface area contributed by atoms with Crippen molar-refractivity contribution >= 4 is 22.6 Å². The molecule has 5 heteroatoms. The molecule has 1 unspecified atom stereocenters. The summed E-state index contributed by atoms with van der Waals surface area (Å²) in [4.78, 5) is 29.8. The SMILES string of the molecule is O=C(NCC(=O)N1CCC(N2CCC(c3ccccc3)CC2)C1)c1ccc2ccccc2c1. The molecule has 3 aromatic rings. The van der Waals surface area contributed by atoms with E-state index in [4.69, 9.17) is 0 Å². The summed E-state index contributed by atoms with van der Waals surface area (Å²) in [6, 6.07) is 24.8. The van der Waals surface area contributed by atoms with Crippen LogP contribution in [0.1, 0.15) is 41.1 Å². The lowest BCUT2D eigenvalue weighted by molar-refractivity contribution is -0.129. The molecule has 1 N–H and O–H groups in total. The second-order valence-corrected chi connectivity index (χ2v) is 9.25. The Bertz CT molecular complexity index is 1120. The molecule has 0 aromatic heterocycles. The van der Waals surface area contributed by atoms with Crippen LogP contribution in [0.3, 0.4) is 0 Å². The van der Waals surface area contributed by atoms with Gasteiger partial charge < -0.3 is 10.2 Å². The highest BCUT2D eigenvalue weighted by molar-refractivity contribution is 6.00. The zero-order chi connectivity index (χ0) is 22.6. The highest BCUT2D eigenvalue weighted by atomic mass is 16.2. The van der Waals surface area contributed by atoms with Crippen LogP contribution in [-0.4, -0.2) is 60.4 Å². The molecule has 2 amide bonds. The fourth-order valence-corrected chi connectivity index (χ4v) is 5.29. The van der Waals surface area contributed by atoms with Crippen molar-refractivity contribution in [2.24, 2.45) is 0 Å². The van der Waals surface area contributed by atoms with Gasteiger partial charge in [-0.1, -0.05) is 60.7 Å². The van der Waals surface area contributed by atoms with E-state index in [1.807, 2.05) is 47.4 Å². The molecular weight excluding hydrogens is 410 g/mol. The van der Waals surface area contributed by atoms with Crippen LogP contribution in [0.15, 0.2) is 72.8 Å². The number of amides is 2. The number of benzene rings is 3. The van der Waals surface area contributed by atoms with E-state index in [0.717, 1.165) is 43.4 Å². The molecule has 5 rings (SSSR count). The molecule has 33 heavy (non-hydrogen) atoms. The van der Waals surface area contributed by atoms with Crippen LogP contribution < -0.4 is 5.32 Å². The second kappa shape index (κ2) is 9.75. The van der Waals surface area contributed by atoms with E-state index < -0.39 is 0 Å². The van der Waals surface area contributed by atoms with Crippen LogP contribution in [0, 0.1) is 0 Å². The van der Waals surface area contributed by atoms with E-state index in [1.165, 1.54) is 18.4 Å². The smallest absolute Gasteiger partial charge is 0.251 e. The van der Waals surface area contributed by atoms with Gasteiger partial charge in [0.2, 0.25) is 5.91 Å². The zero-order valence-electron chi connectivity index (χ0n) is 19.0. The standard InChI is InChI=1S/C28H31N3O2/c32-27(19-29-28(33)25-11-10-22-8-4-5-9-24(22)18-25)31-17-14-26(20-31)30-15-12-23(13-16-30)21-6-2-1-3-7-21/h1-11,18,23,26H,12-17,19-20H2,(H,29,33). The van der Waals surface area contributed by atoms with Crippen molar-refractivity contribution in [2.45, 2.75) is 31.2 Å². The van der Waals surface area contributed by atoms with E-state index >= 15 is 0 Å². The fraction of sp³-hybridized carbons (Fsp3) is 0.357. The first kappa shape index (κ1) is 21.7. The molecule has 2 saturated heterocycles. The van der Waals surface area contributed by atoms with Crippen molar-refractivity contribution < 1.29 is 9.59 Å². The Hall–Kier alpha value is -3.18. The number of likely N-dealkylation sites (tertiary alicyclic amines) is 2. The highest BCUT2D eigenvalue weighted by Gasteiger charge is 2.32. The molecule has 2 fully saturated rings. The van der Waals surface area contributed by atoms with Crippen molar-refractivity contribution in [1.29, 1.82) is 0 Å². The Morgan fingerprint density at radius 1 is 0.818 bits per heavy atom. The van der Waals surface area contributed by atoms with E-state index in [0.29, 0.717) is 17.5 Å². The summed E-state index contributed by atoms with van der Waals surface area (Å²) >= 11 is 0. The Morgan fingerprint density at radius 3 is 2.33 bits per heavy atom. The minimum Gasteiger partial charge on any atom is -0.343 e. The minimum atomic E-state index is -0.201. The molecule has 170 valence electrons. The highest BCUT2D eigenvalue weighted by Crippen LogP contribution is 2.30. The first-order valence-electron chi connectivity index (χ1n) is 12.0. The number of nitrogens with one attached hydrogen (secondary N) is 1. The van der Waals surface area contributed by atoms with Crippen LogP contribution in [0.25, 0.3) is 10.8 Å². The molecule has 0 saturated carbocycles. The van der Waals surface area contributed by atoms with Gasteiger partial charge in [0, 0.05) is 24.7 Å². The van der Waals surface area contributed by atoms with E-state index in [9.17, 15) is 9.59 Å². The summed E-state index contributed by atoms with van der Waals surface area (Å²) < 4.78 is 0. The molecule has 5 nitrogen and oxygen atoms in total. The van der Waals surface area contributed by atoms with Crippen molar-refractivity contribution in [1.82, 2.24) is 15.1 Å². The largest absolute Gasteiger partial charge is 0.343 e. The third kappa shape index (κ3) is 4.93. The van der Waals surface area contributed by atoms with Gasteiger partial charge in [0.05, 0.1) is 6.54 Å². The van der Waals surface area contributed by atoms with E-state index in [-0.39, 0.29) is 18.4 Å². The molecule has 2 heterocycles. The van der Waals surface area contributed by atoms with Gasteiger partial charge >= 0.3 is 0 Å². The average molecular weight is 442 g/mol. The Morgan fingerprint density at radius 2 is 1.55 bits per heavy atom. The van der Waals surface area contributed by atoms with Crippen LogP contribution in [0.2, 0.25) is 0 Å². The Labute approximate surface area is 195 Å². The third-order valence-electron chi connectivity index (χ3n) is 7.24. The van der Waals surface area contributed by atoms with Crippen molar-refractivity contribution in [3.05, 3.63) is 83.9 Å². The van der Waals surface area contributed by atoms with Gasteiger partial charge in [-0.25, -0.2) is 0 Å². The number of nitrogens with zero attached hydrogens (tertiary/aromatic N) is 2. The van der Waals surface area contributed by atoms with Crippen molar-refractivity contribution in [3.63, 3.8) is 0 Å². The lowest BCUT2D eigenvalue weighted by Gasteiger charge is -2.36. The first-order valence-corrected chi connectivity index (χ1v) is 12.0. The molecular formula is C28H31N3O2. The number of carbonyl (C=O) groups is 2. The van der Waals surface area contributed by atoms with Gasteiger partial charge in [0.1, 0.15) is 0 Å². The van der Waals surface area contributed by atoms with Gasteiger partial charge in [0.25, 0.3) is 5.91 Å². The molecule has 2 aliphatic heterocycles. The van der Waals surface area contributed by atoms with Gasteiger partial charge in [-0.3, -0.25) is 14.5 Å². The number of hydrogen-bond acceptors (Lipinski definition) is 3. The number of fused-ring (bicyclic) bond motifs is 1. The molecule has 0 spiro atoms. The summed E-state index contributed by atoms with van der Waals surface area (Å²) in [7, 11) is 0. The average Bonchev–Trinajstić information content (AvgIpc) is 3.38. The molecule has 0 bridgehead atoms. The lowest BCUT2D eigenvalue weighted by atomic mass is 9.89. The van der Waals surface area contributed by atoms with Gasteiger partial charge in [-0.15, -0.1) is 0 Å². The maximum atomic E-state index is 12.8. The number of carbonyl (C=O) groups excluding carboxylic acids is 2. The van der Waals surface area contributed by atoms with Crippen molar-refractivity contribution in [3.8, 4) is 0 Å². The summed E-state index contributed by atoms with van der Waals surface area (Å²) in [5.74, 6) is 0.450. The van der Waals surface area contributed by atoms with Crippen LogP contribution >= 0.6 is 0 Å². The van der Waals surface area contributed by atoms with Crippen LogP contribution in [-0.2, 0) is 4.79 Å². The maximum Gasteiger partial charge on any atom is 0.251 e. The lowest BCUT2D eigenvalue weighted by Crippen LogP contribution is -2.44. The third-order valence-corrected chi connectivity index (χ3v) is 7.24. The predicted molar refractivity (Wildman–Crippen MR) is 131 cm³/mol. The monoisotopic (exact) mass is 441 g/mol.